The zero-order valence-corrected chi connectivity index (χ0v) is 31.0. The van der Waals surface area contributed by atoms with Crippen LogP contribution in [0, 0.1) is 0 Å². The molecule has 0 aliphatic carbocycles. The van der Waals surface area contributed by atoms with E-state index in [1.807, 2.05) is 0 Å². The topological polar surface area (TPSA) is 0 Å². The van der Waals surface area contributed by atoms with Gasteiger partial charge in [-0.05, 0) is 0 Å². The first-order valence-corrected chi connectivity index (χ1v) is 51.0. The van der Waals surface area contributed by atoms with Gasteiger partial charge in [0.1, 0.15) is 0 Å². The van der Waals surface area contributed by atoms with Crippen molar-refractivity contribution < 1.29 is 0 Å². The first-order valence-electron chi connectivity index (χ1n) is 11.0. The van der Waals surface area contributed by atoms with E-state index in [4.69, 9.17) is 0 Å². The van der Waals surface area contributed by atoms with Crippen LogP contribution in [0.5, 0.6) is 0 Å². The third-order valence-corrected chi connectivity index (χ3v) is 379. The van der Waals surface area contributed by atoms with Gasteiger partial charge in [0.15, 0.2) is 0 Å². The van der Waals surface area contributed by atoms with E-state index in [0.29, 0.717) is 0 Å². The second-order valence-electron chi connectivity index (χ2n) is 14.2. The average molecular weight is 521 g/mol. The van der Waals surface area contributed by atoms with Crippen molar-refractivity contribution in [2.45, 2.75) is 105 Å². The van der Waals surface area contributed by atoms with Crippen LogP contribution in [-0.2, 0) is 0 Å². The molecule has 0 aromatic rings. The third-order valence-electron chi connectivity index (χ3n) is 15.1. The van der Waals surface area contributed by atoms with Gasteiger partial charge in [0.2, 0.25) is 0 Å². The monoisotopic (exact) mass is 520 g/mol. The van der Waals surface area contributed by atoms with E-state index in [1.54, 1.807) is 0 Å². The molecule has 0 N–H and O–H groups in total. The smallest absolute Gasteiger partial charge is 0.0280 e. The van der Waals surface area contributed by atoms with Crippen LogP contribution in [0.3, 0.4) is 0 Å². The highest BCUT2D eigenvalue weighted by Gasteiger charge is 3.00. The van der Waals surface area contributed by atoms with Crippen molar-refractivity contribution in [1.82, 2.24) is 0 Å². The van der Waals surface area contributed by atoms with Crippen molar-refractivity contribution >= 4 is 69.2 Å². The molecule has 0 amide bonds. The van der Waals surface area contributed by atoms with Gasteiger partial charge in [0, 0.05) is 69.2 Å². The molecule has 0 saturated carbocycles. The highest BCUT2D eigenvalue weighted by atomic mass is 30.7. The molecule has 0 aromatic heterocycles. The summed E-state index contributed by atoms with van der Waals surface area (Å²) in [6, 6.07) is 0. The van der Waals surface area contributed by atoms with E-state index in [0.717, 1.165) is 0 Å². The van der Waals surface area contributed by atoms with Gasteiger partial charge in [0.25, 0.3) is 0 Å². The van der Waals surface area contributed by atoms with Crippen LogP contribution in [0.15, 0.2) is 0 Å². The largest absolute Gasteiger partial charge is 0.0756 e. The van der Waals surface area contributed by atoms with Crippen molar-refractivity contribution in [1.29, 1.82) is 0 Å². The van der Waals surface area contributed by atoms with E-state index in [1.165, 1.54) is 0 Å². The van der Waals surface area contributed by atoms with Crippen molar-refractivity contribution in [3.8, 4) is 0 Å². The molecule has 10 heteroatoms. The van der Waals surface area contributed by atoms with Crippen molar-refractivity contribution in [3.63, 3.8) is 0 Å². The van der Waals surface area contributed by atoms with Gasteiger partial charge in [-0.1, -0.05) is 105 Å². The lowest BCUT2D eigenvalue weighted by atomic mass is 11.9. The first-order chi connectivity index (χ1) is 11.0. The Morgan fingerprint density at radius 2 is 0.385 bits per heavy atom. The van der Waals surface area contributed by atoms with E-state index < -0.39 is 69.2 Å². The van der Waals surface area contributed by atoms with Gasteiger partial charge in [0.05, 0.1) is 0 Å². The van der Waals surface area contributed by atoms with Crippen LogP contribution < -0.4 is 0 Å². The lowest BCUT2D eigenvalue weighted by molar-refractivity contribution is 1.76. The van der Waals surface area contributed by atoms with E-state index >= 15 is 0 Å². The zero-order valence-electron chi connectivity index (χ0n) is 21.0. The molecule has 0 aromatic carbocycles. The van der Waals surface area contributed by atoms with Crippen LogP contribution in [0.1, 0.15) is 0 Å². The SMILES string of the molecule is C[Si]1(C)[Si](C)(C)[Si]2(C)[Si@@]3(C)[Si](C)(C)[Si]1(C)[Si](C)(C)[Si@]2(C)[Si](C)(C)[Si]3(C)C. The van der Waals surface area contributed by atoms with Crippen LogP contribution in [0.25, 0.3) is 0 Å². The van der Waals surface area contributed by atoms with Gasteiger partial charge >= 0.3 is 0 Å². The molecule has 4 aliphatic heterocycles. The summed E-state index contributed by atoms with van der Waals surface area (Å²) in [5.74, 6) is 0. The average Bonchev–Trinajstić information content (AvgIpc) is 2.53. The quantitative estimate of drug-likeness (QED) is 0.368. The summed E-state index contributed by atoms with van der Waals surface area (Å²) >= 11 is 0. The molecule has 4 saturated heterocycles. The summed E-state index contributed by atoms with van der Waals surface area (Å²) in [5, 5.41) is 0. The van der Waals surface area contributed by atoms with E-state index in [9.17, 15) is 0 Å². The molecule has 4 atom stereocenters. The first kappa shape index (κ1) is 22.8. The Balaban J connectivity index is 2.72. The van der Waals surface area contributed by atoms with E-state index in [-0.39, 0.29) is 0 Å². The Hall–Kier alpha value is 2.17. The lowest BCUT2D eigenvalue weighted by Gasteiger charge is -2.86. The molecule has 0 nitrogen and oxygen atoms in total. The predicted molar refractivity (Wildman–Crippen MR) is 151 cm³/mol. The maximum Gasteiger partial charge on any atom is 0.0280 e. The molecule has 0 radical (unpaired) electrons. The van der Waals surface area contributed by atoms with E-state index in [2.05, 4.69) is 105 Å². The molecule has 26 heavy (non-hydrogen) atoms. The second-order valence-corrected chi connectivity index (χ2v) is 151. The van der Waals surface area contributed by atoms with Gasteiger partial charge in [-0.2, -0.15) is 0 Å². The normalized spacial score (nSPS) is 53.5. The fourth-order valence-corrected chi connectivity index (χ4v) is 841. The third kappa shape index (κ3) is 1.37. The number of fused-ring (bicyclic) bond motifs is 1. The highest BCUT2D eigenvalue weighted by Crippen LogP contribution is 2.71. The molecule has 4 bridgehead atoms. The Bertz CT molecular complexity index is 666. The number of rotatable bonds is 0. The molecular weight excluding hydrogens is 473 g/mol. The molecular formula is C16H48Si10. The molecule has 0 spiro atoms. The lowest BCUT2D eigenvalue weighted by Crippen LogP contribution is -3.17. The minimum atomic E-state index is -1.09. The van der Waals surface area contributed by atoms with Gasteiger partial charge < -0.3 is 0 Å². The van der Waals surface area contributed by atoms with Crippen LogP contribution in [0.2, 0.25) is 105 Å². The van der Waals surface area contributed by atoms with Crippen molar-refractivity contribution in [2.75, 3.05) is 0 Å². The molecule has 2 unspecified atom stereocenters. The Kier molecular flexibility index (Phi) is 4.23. The molecule has 4 fully saturated rings. The molecule has 152 valence electrons. The van der Waals surface area contributed by atoms with Crippen LogP contribution >= 0.6 is 0 Å². The Morgan fingerprint density at radius 3 is 0.654 bits per heavy atom. The molecule has 4 aliphatic rings. The summed E-state index contributed by atoms with van der Waals surface area (Å²) in [6.45, 7) is 45.3. The minimum Gasteiger partial charge on any atom is -0.0756 e. The highest BCUT2D eigenvalue weighted by molar-refractivity contribution is 8.50. The Morgan fingerprint density at radius 1 is 0.192 bits per heavy atom. The van der Waals surface area contributed by atoms with Crippen LogP contribution in [-0.4, -0.2) is 69.2 Å². The van der Waals surface area contributed by atoms with Crippen molar-refractivity contribution in [2.24, 2.45) is 0 Å². The summed E-state index contributed by atoms with van der Waals surface area (Å²) in [4.78, 5) is 0. The minimum absolute atomic E-state index is 1.05. The summed E-state index contributed by atoms with van der Waals surface area (Å²) < 4.78 is 0. The number of hydrogen-bond acceptors (Lipinski definition) is 0. The fourth-order valence-electron chi connectivity index (χ4n) is 11.7. The van der Waals surface area contributed by atoms with Gasteiger partial charge in [-0.25, -0.2) is 0 Å². The summed E-state index contributed by atoms with van der Waals surface area (Å²) in [5.41, 5.74) is 0. The predicted octanol–water partition coefficient (Wildman–Crippen LogP) is 5.53. The van der Waals surface area contributed by atoms with Gasteiger partial charge in [-0.15, -0.1) is 0 Å². The standard InChI is InChI=1S/C16H48Si10/c1-17(2)20(7,8)26(16)24(14)18(3,4)19(5,6)25(26,15)22(11,12)23(17,13)21(24,9)10/h1-16H3/t23?,24-,25+,26?. The fraction of sp³-hybridized carbons (Fsp3) is 1.00. The summed E-state index contributed by atoms with van der Waals surface area (Å²) in [7, 11) is -6.38. The second kappa shape index (κ2) is 4.81. The molecule has 4 heterocycles. The Labute approximate surface area is 172 Å². The molecule has 4 rings (SSSR count). The summed E-state index contributed by atoms with van der Waals surface area (Å²) in [6.07, 6.45) is 0. The van der Waals surface area contributed by atoms with Crippen molar-refractivity contribution in [3.05, 3.63) is 0 Å². The van der Waals surface area contributed by atoms with Crippen LogP contribution in [0.4, 0.5) is 0 Å². The zero-order chi connectivity index (χ0) is 21.0. The maximum absolute atomic E-state index is 3.22. The maximum atomic E-state index is 3.22. The van der Waals surface area contributed by atoms with Gasteiger partial charge in [-0.3, -0.25) is 0 Å². The number of hydrogen-bond donors (Lipinski definition) is 0.